The molecule has 0 spiro atoms. The fraction of sp³-hybridized carbons (Fsp3) is 0.545. The molecule has 1 rings (SSSR count). The average Bonchev–Trinajstić information content (AvgIpc) is 2.84. The summed E-state index contributed by atoms with van der Waals surface area (Å²) in [4.78, 5) is 27.0. The van der Waals surface area contributed by atoms with Crippen LogP contribution >= 0.6 is 11.3 Å². The van der Waals surface area contributed by atoms with Gasteiger partial charge in [-0.2, -0.15) is 0 Å². The van der Waals surface area contributed by atoms with Crippen molar-refractivity contribution in [2.75, 3.05) is 25.2 Å². The van der Waals surface area contributed by atoms with Crippen LogP contribution in [0.1, 0.15) is 33.6 Å². The first-order valence-electron chi connectivity index (χ1n) is 5.75. The van der Waals surface area contributed by atoms with Crippen LogP contribution in [-0.2, 0) is 15.5 Å². The zero-order valence-corrected chi connectivity index (χ0v) is 12.4. The Morgan fingerprint density at radius 3 is 2.89 bits per heavy atom. The highest BCUT2D eigenvalue weighted by Crippen LogP contribution is 2.11. The lowest BCUT2D eigenvalue weighted by Gasteiger charge is -2.01. The number of esters is 1. The molecule has 0 radical (unpaired) electrons. The number of aromatic nitrogens is 1. The van der Waals surface area contributed by atoms with Gasteiger partial charge in [0.15, 0.2) is 0 Å². The maximum absolute atomic E-state index is 11.7. The molecule has 0 bridgehead atoms. The maximum Gasteiger partial charge on any atom is 0.367 e. The van der Waals surface area contributed by atoms with E-state index in [0.717, 1.165) is 11.3 Å². The van der Waals surface area contributed by atoms with Crippen molar-refractivity contribution in [3.63, 3.8) is 0 Å². The molecule has 0 saturated carbocycles. The molecule has 1 heterocycles. The van der Waals surface area contributed by atoms with Crippen LogP contribution in [0.3, 0.4) is 0 Å². The monoisotopic (exact) mass is 304 g/mol. The largest absolute Gasteiger partial charge is 0.461 e. The van der Waals surface area contributed by atoms with E-state index in [2.05, 4.69) is 10.3 Å². The highest BCUT2D eigenvalue weighted by atomic mass is 32.2. The molecule has 19 heavy (non-hydrogen) atoms. The Labute approximate surface area is 118 Å². The lowest BCUT2D eigenvalue weighted by atomic mass is 10.4. The quantitative estimate of drug-likeness (QED) is 0.595. The Balaban J connectivity index is 2.45. The average molecular weight is 304 g/mol. The molecule has 1 N–H and O–H groups in total. The van der Waals surface area contributed by atoms with Crippen molar-refractivity contribution in [3.8, 4) is 0 Å². The predicted octanol–water partition coefficient (Wildman–Crippen LogP) is 0.818. The summed E-state index contributed by atoms with van der Waals surface area (Å²) < 4.78 is 15.6. The van der Waals surface area contributed by atoms with Gasteiger partial charge < -0.3 is 10.1 Å². The van der Waals surface area contributed by atoms with Crippen molar-refractivity contribution in [1.29, 1.82) is 0 Å². The summed E-state index contributed by atoms with van der Waals surface area (Å²) >= 11 is 1.07. The van der Waals surface area contributed by atoms with Gasteiger partial charge in [-0.1, -0.05) is 0 Å². The Kier molecular flexibility index (Phi) is 6.65. The summed E-state index contributed by atoms with van der Waals surface area (Å²) in [6, 6.07) is 0. The van der Waals surface area contributed by atoms with E-state index in [0.29, 0.717) is 18.7 Å². The van der Waals surface area contributed by atoms with Crippen LogP contribution in [0.25, 0.3) is 0 Å². The molecule has 8 heteroatoms. The third-order valence-corrected chi connectivity index (χ3v) is 3.77. The van der Waals surface area contributed by atoms with Gasteiger partial charge in [-0.3, -0.25) is 9.00 Å². The van der Waals surface area contributed by atoms with Crippen LogP contribution in [0.4, 0.5) is 0 Å². The summed E-state index contributed by atoms with van der Waals surface area (Å²) in [5, 5.41) is 4.34. The van der Waals surface area contributed by atoms with Gasteiger partial charge in [0.1, 0.15) is 5.69 Å². The Morgan fingerprint density at radius 2 is 2.26 bits per heavy atom. The lowest BCUT2D eigenvalue weighted by Crippen LogP contribution is -2.25. The number of ether oxygens (including phenoxy) is 1. The van der Waals surface area contributed by atoms with Crippen molar-refractivity contribution in [2.24, 2.45) is 0 Å². The Hall–Kier alpha value is -1.28. The maximum atomic E-state index is 11.7. The SMILES string of the molecule is CCOC(=O)c1nc(C(=O)NCCCS(C)=O)cs1. The summed E-state index contributed by atoms with van der Waals surface area (Å²) in [6.45, 7) is 2.41. The number of carbonyl (C=O) groups is 2. The lowest BCUT2D eigenvalue weighted by molar-refractivity contribution is 0.0526. The van der Waals surface area contributed by atoms with E-state index >= 15 is 0 Å². The van der Waals surface area contributed by atoms with E-state index in [1.165, 1.54) is 5.38 Å². The molecular weight excluding hydrogens is 288 g/mol. The molecule has 1 aromatic rings. The fourth-order valence-electron chi connectivity index (χ4n) is 1.23. The summed E-state index contributed by atoms with van der Waals surface area (Å²) in [7, 11) is -0.855. The second-order valence-electron chi connectivity index (χ2n) is 3.65. The first-order valence-corrected chi connectivity index (χ1v) is 8.36. The molecule has 6 nitrogen and oxygen atoms in total. The van der Waals surface area contributed by atoms with E-state index in [1.807, 2.05) is 0 Å². The van der Waals surface area contributed by atoms with E-state index in [9.17, 15) is 13.8 Å². The first-order chi connectivity index (χ1) is 9.04. The van der Waals surface area contributed by atoms with Crippen LogP contribution in [-0.4, -0.2) is 46.2 Å². The molecule has 0 saturated heterocycles. The van der Waals surface area contributed by atoms with Crippen molar-refractivity contribution in [1.82, 2.24) is 10.3 Å². The smallest absolute Gasteiger partial charge is 0.367 e. The third-order valence-electron chi connectivity index (χ3n) is 2.08. The van der Waals surface area contributed by atoms with E-state index in [-0.39, 0.29) is 23.2 Å². The van der Waals surface area contributed by atoms with Crippen molar-refractivity contribution >= 4 is 34.0 Å². The second kappa shape index (κ2) is 8.00. The molecule has 1 atom stereocenters. The van der Waals surface area contributed by atoms with Gasteiger partial charge in [-0.25, -0.2) is 9.78 Å². The molecule has 0 aliphatic heterocycles. The van der Waals surface area contributed by atoms with Crippen molar-refractivity contribution in [3.05, 3.63) is 16.1 Å². The Bertz CT molecular complexity index is 473. The molecule has 1 aromatic heterocycles. The number of hydrogen-bond donors (Lipinski definition) is 1. The van der Waals surface area contributed by atoms with Crippen LogP contribution in [0.2, 0.25) is 0 Å². The van der Waals surface area contributed by atoms with Gasteiger partial charge in [0, 0.05) is 34.7 Å². The molecule has 1 unspecified atom stereocenters. The van der Waals surface area contributed by atoms with Gasteiger partial charge in [0.2, 0.25) is 5.01 Å². The first kappa shape index (κ1) is 15.8. The highest BCUT2D eigenvalue weighted by molar-refractivity contribution is 7.84. The van der Waals surface area contributed by atoms with Crippen LogP contribution in [0.5, 0.6) is 0 Å². The fourth-order valence-corrected chi connectivity index (χ4v) is 2.47. The number of hydrogen-bond acceptors (Lipinski definition) is 6. The highest BCUT2D eigenvalue weighted by Gasteiger charge is 2.15. The van der Waals surface area contributed by atoms with E-state index < -0.39 is 16.8 Å². The molecule has 0 aliphatic carbocycles. The van der Waals surface area contributed by atoms with Crippen molar-refractivity contribution in [2.45, 2.75) is 13.3 Å². The minimum absolute atomic E-state index is 0.168. The van der Waals surface area contributed by atoms with Crippen molar-refractivity contribution < 1.29 is 18.5 Å². The zero-order chi connectivity index (χ0) is 14.3. The number of amides is 1. The normalized spacial score (nSPS) is 11.9. The second-order valence-corrected chi connectivity index (χ2v) is 6.06. The van der Waals surface area contributed by atoms with E-state index in [4.69, 9.17) is 4.74 Å². The zero-order valence-electron chi connectivity index (χ0n) is 10.8. The number of nitrogens with zero attached hydrogens (tertiary/aromatic N) is 1. The Morgan fingerprint density at radius 1 is 1.53 bits per heavy atom. The van der Waals surface area contributed by atoms with Gasteiger partial charge in [0.05, 0.1) is 6.61 Å². The van der Waals surface area contributed by atoms with Gasteiger partial charge in [0.25, 0.3) is 5.91 Å². The number of carbonyl (C=O) groups excluding carboxylic acids is 2. The topological polar surface area (TPSA) is 85.4 Å². The summed E-state index contributed by atoms with van der Waals surface area (Å²) in [5.74, 6) is -0.313. The van der Waals surface area contributed by atoms with Crippen LogP contribution in [0.15, 0.2) is 5.38 Å². The molecule has 0 aliphatic rings. The molecule has 1 amide bonds. The molecule has 0 aromatic carbocycles. The van der Waals surface area contributed by atoms with Crippen LogP contribution < -0.4 is 5.32 Å². The predicted molar refractivity (Wildman–Crippen MR) is 74.0 cm³/mol. The van der Waals surface area contributed by atoms with Crippen LogP contribution in [0, 0.1) is 0 Å². The minimum atomic E-state index is -0.855. The van der Waals surface area contributed by atoms with E-state index in [1.54, 1.807) is 13.2 Å². The van der Waals surface area contributed by atoms with Gasteiger partial charge in [-0.05, 0) is 13.3 Å². The molecule has 106 valence electrons. The number of nitrogens with one attached hydrogen (secondary N) is 1. The summed E-state index contributed by atoms with van der Waals surface area (Å²) in [6.07, 6.45) is 2.26. The number of rotatable bonds is 7. The van der Waals surface area contributed by atoms with Gasteiger partial charge in [-0.15, -0.1) is 11.3 Å². The standard InChI is InChI=1S/C11H16N2O4S2/c1-3-17-11(15)10-13-8(7-18-10)9(14)12-5-4-6-19(2)16/h7H,3-6H2,1-2H3,(H,12,14). The molecular formula is C11H16N2O4S2. The summed E-state index contributed by atoms with van der Waals surface area (Å²) in [5.41, 5.74) is 0.200. The number of thiazole rings is 1. The van der Waals surface area contributed by atoms with Gasteiger partial charge >= 0.3 is 5.97 Å². The minimum Gasteiger partial charge on any atom is -0.461 e. The third kappa shape index (κ3) is 5.48. The molecule has 0 fully saturated rings.